The lowest BCUT2D eigenvalue weighted by molar-refractivity contribution is 0.450. The Hall–Kier alpha value is -2.06. The maximum atomic E-state index is 11.3. The van der Waals surface area contributed by atoms with Gasteiger partial charge < -0.3 is 5.11 Å². The van der Waals surface area contributed by atoms with Crippen LogP contribution in [0.15, 0.2) is 39.6 Å². The molecule has 4 nitrogen and oxygen atoms in total. The Kier molecular flexibility index (Phi) is 2.98. The average Bonchev–Trinajstić information content (AvgIpc) is 2.28. The van der Waals surface area contributed by atoms with E-state index in [1.165, 1.54) is 6.07 Å². The smallest absolute Gasteiger partial charge is 0.251 e. The highest BCUT2D eigenvalue weighted by Gasteiger charge is 2.13. The highest BCUT2D eigenvalue weighted by molar-refractivity contribution is 9.10. The standard InChI is InChI=1S/C12H7BrN2O2/c13-10-4-2-1-3-7(10)8-5-11(16)15-12(17)9(8)6-14/h1-5H,(H2,15,16,17). The van der Waals surface area contributed by atoms with Crippen molar-refractivity contribution >= 4 is 15.9 Å². The number of benzene rings is 1. The van der Waals surface area contributed by atoms with E-state index < -0.39 is 11.4 Å². The third-order valence-corrected chi connectivity index (χ3v) is 2.99. The van der Waals surface area contributed by atoms with Crippen LogP contribution in [-0.2, 0) is 0 Å². The topological polar surface area (TPSA) is 76.9 Å². The van der Waals surface area contributed by atoms with Gasteiger partial charge in [-0.05, 0) is 11.6 Å². The second-order valence-electron chi connectivity index (χ2n) is 3.36. The molecule has 0 bridgehead atoms. The number of nitriles is 1. The van der Waals surface area contributed by atoms with Crippen LogP contribution in [0.4, 0.5) is 0 Å². The van der Waals surface area contributed by atoms with Crippen molar-refractivity contribution in [1.29, 1.82) is 5.26 Å². The van der Waals surface area contributed by atoms with Crippen LogP contribution >= 0.6 is 15.9 Å². The Morgan fingerprint density at radius 2 is 2.00 bits per heavy atom. The molecule has 0 unspecified atom stereocenters. The van der Waals surface area contributed by atoms with Crippen LogP contribution in [0.3, 0.4) is 0 Å². The minimum Gasteiger partial charge on any atom is -0.494 e. The zero-order valence-corrected chi connectivity index (χ0v) is 10.2. The number of H-pyrrole nitrogens is 1. The molecule has 1 heterocycles. The van der Waals surface area contributed by atoms with Gasteiger partial charge >= 0.3 is 0 Å². The lowest BCUT2D eigenvalue weighted by Crippen LogP contribution is -2.06. The molecule has 1 aromatic heterocycles. The summed E-state index contributed by atoms with van der Waals surface area (Å²) >= 11 is 3.34. The molecule has 0 atom stereocenters. The third kappa shape index (κ3) is 2.08. The van der Waals surface area contributed by atoms with Gasteiger partial charge in [-0.15, -0.1) is 0 Å². The number of hydrogen-bond donors (Lipinski definition) is 2. The predicted molar refractivity (Wildman–Crippen MR) is 66.6 cm³/mol. The average molecular weight is 291 g/mol. The fourth-order valence-corrected chi connectivity index (χ4v) is 2.05. The second kappa shape index (κ2) is 4.44. The molecule has 0 spiro atoms. The Morgan fingerprint density at radius 1 is 1.29 bits per heavy atom. The number of aromatic nitrogens is 1. The van der Waals surface area contributed by atoms with Crippen molar-refractivity contribution in [2.24, 2.45) is 0 Å². The second-order valence-corrected chi connectivity index (χ2v) is 4.22. The van der Waals surface area contributed by atoms with E-state index in [0.29, 0.717) is 11.1 Å². The van der Waals surface area contributed by atoms with Crippen LogP contribution in [0.1, 0.15) is 5.56 Å². The van der Waals surface area contributed by atoms with E-state index in [4.69, 9.17) is 5.26 Å². The van der Waals surface area contributed by atoms with Gasteiger partial charge in [0.05, 0.1) is 0 Å². The molecule has 0 aliphatic carbocycles. The van der Waals surface area contributed by atoms with Crippen LogP contribution in [-0.4, -0.2) is 10.1 Å². The summed E-state index contributed by atoms with van der Waals surface area (Å²) in [4.78, 5) is 13.5. The van der Waals surface area contributed by atoms with Crippen LogP contribution < -0.4 is 5.56 Å². The molecular formula is C12H7BrN2O2. The lowest BCUT2D eigenvalue weighted by Gasteiger charge is -2.07. The van der Waals surface area contributed by atoms with E-state index >= 15 is 0 Å². The molecule has 0 radical (unpaired) electrons. The molecule has 2 N–H and O–H groups in total. The highest BCUT2D eigenvalue weighted by atomic mass is 79.9. The first kappa shape index (κ1) is 11.4. The number of aromatic amines is 1. The van der Waals surface area contributed by atoms with Crippen molar-refractivity contribution in [1.82, 2.24) is 4.98 Å². The minimum absolute atomic E-state index is 0.0523. The summed E-state index contributed by atoms with van der Waals surface area (Å²) in [5, 5.41) is 18.5. The largest absolute Gasteiger partial charge is 0.494 e. The quantitative estimate of drug-likeness (QED) is 0.846. The first-order valence-electron chi connectivity index (χ1n) is 4.75. The van der Waals surface area contributed by atoms with Gasteiger partial charge in [0.25, 0.3) is 5.56 Å². The van der Waals surface area contributed by atoms with Gasteiger partial charge in [-0.25, -0.2) is 0 Å². The molecule has 84 valence electrons. The van der Waals surface area contributed by atoms with Crippen molar-refractivity contribution in [2.75, 3.05) is 0 Å². The van der Waals surface area contributed by atoms with Crippen molar-refractivity contribution < 1.29 is 5.11 Å². The Morgan fingerprint density at radius 3 is 2.65 bits per heavy atom. The van der Waals surface area contributed by atoms with E-state index in [1.54, 1.807) is 18.2 Å². The summed E-state index contributed by atoms with van der Waals surface area (Å²) in [5.41, 5.74) is 0.690. The zero-order valence-electron chi connectivity index (χ0n) is 8.57. The van der Waals surface area contributed by atoms with E-state index in [1.807, 2.05) is 12.1 Å². The van der Waals surface area contributed by atoms with Crippen LogP contribution in [0.25, 0.3) is 11.1 Å². The summed E-state index contributed by atoms with van der Waals surface area (Å²) < 4.78 is 0.751. The zero-order chi connectivity index (χ0) is 12.4. The number of halogens is 1. The minimum atomic E-state index is -0.452. The number of nitrogens with one attached hydrogen (secondary N) is 1. The summed E-state index contributed by atoms with van der Waals surface area (Å²) in [5.74, 6) is -0.411. The molecule has 2 aromatic rings. The first-order valence-corrected chi connectivity index (χ1v) is 5.54. The highest BCUT2D eigenvalue weighted by Crippen LogP contribution is 2.31. The summed E-state index contributed by atoms with van der Waals surface area (Å²) in [6.45, 7) is 0. The number of pyridine rings is 1. The van der Waals surface area contributed by atoms with Crippen LogP contribution in [0.2, 0.25) is 0 Å². The maximum absolute atomic E-state index is 11.3. The third-order valence-electron chi connectivity index (χ3n) is 2.30. The predicted octanol–water partition coefficient (Wildman–Crippen LogP) is 2.38. The fraction of sp³-hybridized carbons (Fsp3) is 0. The van der Waals surface area contributed by atoms with Gasteiger partial charge in [0.15, 0.2) is 0 Å². The van der Waals surface area contributed by atoms with Crippen molar-refractivity contribution in [3.63, 3.8) is 0 Å². The summed E-state index contributed by atoms with van der Waals surface area (Å²) in [6.07, 6.45) is 0. The number of hydrogen-bond acceptors (Lipinski definition) is 3. The molecule has 5 heteroatoms. The number of rotatable bonds is 1. The van der Waals surface area contributed by atoms with E-state index in [9.17, 15) is 9.90 Å². The molecule has 0 saturated carbocycles. The van der Waals surface area contributed by atoms with Gasteiger partial charge in [0.1, 0.15) is 11.6 Å². The molecular weight excluding hydrogens is 284 g/mol. The Balaban J connectivity index is 2.81. The van der Waals surface area contributed by atoms with Crippen molar-refractivity contribution in [3.05, 3.63) is 50.7 Å². The van der Waals surface area contributed by atoms with Crippen molar-refractivity contribution in [2.45, 2.75) is 0 Å². The van der Waals surface area contributed by atoms with Crippen molar-refractivity contribution in [3.8, 4) is 23.1 Å². The monoisotopic (exact) mass is 290 g/mol. The van der Waals surface area contributed by atoms with E-state index in [-0.39, 0.29) is 5.56 Å². The molecule has 2 rings (SSSR count). The van der Waals surface area contributed by atoms with Gasteiger partial charge in [-0.1, -0.05) is 34.1 Å². The SMILES string of the molecule is N#Cc1c(-c2ccccc2Br)cc(=O)[nH]c1O. The van der Waals surface area contributed by atoms with Crippen LogP contribution in [0, 0.1) is 11.3 Å². The molecule has 0 saturated heterocycles. The maximum Gasteiger partial charge on any atom is 0.251 e. The van der Waals surface area contributed by atoms with Crippen LogP contribution in [0.5, 0.6) is 5.88 Å². The number of aromatic hydroxyl groups is 1. The summed E-state index contributed by atoms with van der Waals surface area (Å²) in [7, 11) is 0. The molecule has 0 aliphatic rings. The fourth-order valence-electron chi connectivity index (χ4n) is 1.55. The molecule has 0 aliphatic heterocycles. The molecule has 1 aromatic carbocycles. The molecule has 0 fully saturated rings. The van der Waals surface area contributed by atoms with E-state index in [0.717, 1.165) is 4.47 Å². The summed E-state index contributed by atoms with van der Waals surface area (Å²) in [6, 6.07) is 10.3. The molecule has 0 amide bonds. The van der Waals surface area contributed by atoms with Gasteiger partial charge in [0, 0.05) is 16.1 Å². The number of nitrogens with zero attached hydrogens (tertiary/aromatic N) is 1. The Bertz CT molecular complexity index is 671. The molecule has 17 heavy (non-hydrogen) atoms. The van der Waals surface area contributed by atoms with Gasteiger partial charge in [0.2, 0.25) is 5.88 Å². The van der Waals surface area contributed by atoms with E-state index in [2.05, 4.69) is 20.9 Å². The normalized spacial score (nSPS) is 9.88. The lowest BCUT2D eigenvalue weighted by atomic mass is 10.0. The van der Waals surface area contributed by atoms with Gasteiger partial charge in [-0.2, -0.15) is 5.26 Å². The van der Waals surface area contributed by atoms with Gasteiger partial charge in [-0.3, -0.25) is 9.78 Å². The first-order chi connectivity index (χ1) is 8.13. The Labute approximate surface area is 105 Å².